The fraction of sp³-hybridized carbons (Fsp3) is 0.900. The SMILES string of the molecule is CCCC(C)OC(C=C(C)CCCC(C)C)OC(C)CCC. The van der Waals surface area contributed by atoms with Crippen LogP contribution < -0.4 is 0 Å². The first-order chi connectivity index (χ1) is 10.4. The molecule has 2 unspecified atom stereocenters. The van der Waals surface area contributed by atoms with Gasteiger partial charge in [-0.15, -0.1) is 0 Å². The summed E-state index contributed by atoms with van der Waals surface area (Å²) < 4.78 is 12.2. The van der Waals surface area contributed by atoms with Crippen LogP contribution in [-0.4, -0.2) is 18.5 Å². The third kappa shape index (κ3) is 12.2. The number of ether oxygens (including phenoxy) is 2. The highest BCUT2D eigenvalue weighted by Crippen LogP contribution is 2.17. The number of hydrogen-bond donors (Lipinski definition) is 0. The van der Waals surface area contributed by atoms with Crippen molar-refractivity contribution in [3.63, 3.8) is 0 Å². The summed E-state index contributed by atoms with van der Waals surface area (Å²) in [7, 11) is 0. The average molecular weight is 313 g/mol. The smallest absolute Gasteiger partial charge is 0.177 e. The van der Waals surface area contributed by atoms with Crippen molar-refractivity contribution >= 4 is 0 Å². The largest absolute Gasteiger partial charge is 0.346 e. The first kappa shape index (κ1) is 21.7. The van der Waals surface area contributed by atoms with Crippen molar-refractivity contribution in [3.8, 4) is 0 Å². The third-order valence-corrected chi connectivity index (χ3v) is 3.90. The fourth-order valence-electron chi connectivity index (χ4n) is 2.62. The quantitative estimate of drug-likeness (QED) is 0.285. The van der Waals surface area contributed by atoms with Crippen molar-refractivity contribution in [2.24, 2.45) is 5.92 Å². The molecule has 0 aliphatic carbocycles. The van der Waals surface area contributed by atoms with E-state index in [1.165, 1.54) is 18.4 Å². The Labute approximate surface area is 139 Å². The molecule has 2 atom stereocenters. The Kier molecular flexibility index (Phi) is 12.9. The van der Waals surface area contributed by atoms with E-state index in [1.807, 2.05) is 0 Å². The molecule has 0 heterocycles. The van der Waals surface area contributed by atoms with Gasteiger partial charge in [-0.1, -0.05) is 52.5 Å². The molecule has 0 N–H and O–H groups in total. The molecule has 0 saturated heterocycles. The number of rotatable bonds is 13. The molecule has 0 radical (unpaired) electrons. The molecule has 0 amide bonds. The summed E-state index contributed by atoms with van der Waals surface area (Å²) in [6, 6.07) is 0. The van der Waals surface area contributed by atoms with Crippen LogP contribution >= 0.6 is 0 Å². The average Bonchev–Trinajstić information content (AvgIpc) is 2.38. The van der Waals surface area contributed by atoms with Gasteiger partial charge in [0.15, 0.2) is 6.29 Å². The second-order valence-corrected chi connectivity index (χ2v) is 7.14. The minimum Gasteiger partial charge on any atom is -0.346 e. The lowest BCUT2D eigenvalue weighted by Crippen LogP contribution is -2.25. The maximum absolute atomic E-state index is 6.11. The van der Waals surface area contributed by atoms with E-state index in [0.717, 1.165) is 38.0 Å². The number of allylic oxidation sites excluding steroid dienone is 1. The van der Waals surface area contributed by atoms with Crippen LogP contribution in [0.25, 0.3) is 0 Å². The van der Waals surface area contributed by atoms with Gasteiger partial charge in [-0.2, -0.15) is 0 Å². The molecule has 0 bridgehead atoms. The molecule has 0 spiro atoms. The summed E-state index contributed by atoms with van der Waals surface area (Å²) in [5.74, 6) is 0.783. The zero-order chi connectivity index (χ0) is 17.0. The van der Waals surface area contributed by atoms with E-state index < -0.39 is 0 Å². The molecule has 0 fully saturated rings. The van der Waals surface area contributed by atoms with E-state index in [2.05, 4.69) is 54.5 Å². The molecule has 0 aromatic rings. The predicted molar refractivity (Wildman–Crippen MR) is 97.1 cm³/mol. The van der Waals surface area contributed by atoms with Crippen molar-refractivity contribution in [3.05, 3.63) is 11.6 Å². The fourth-order valence-corrected chi connectivity index (χ4v) is 2.62. The van der Waals surface area contributed by atoms with Gasteiger partial charge in [-0.3, -0.25) is 0 Å². The van der Waals surface area contributed by atoms with Gasteiger partial charge in [0.05, 0.1) is 12.2 Å². The maximum Gasteiger partial charge on any atom is 0.177 e. The Hall–Kier alpha value is -0.340. The van der Waals surface area contributed by atoms with Crippen LogP contribution in [0.4, 0.5) is 0 Å². The molecule has 2 nitrogen and oxygen atoms in total. The molecule has 0 aromatic carbocycles. The Bertz CT molecular complexity index is 269. The van der Waals surface area contributed by atoms with Gasteiger partial charge < -0.3 is 9.47 Å². The van der Waals surface area contributed by atoms with Gasteiger partial charge in [0.1, 0.15) is 0 Å². The van der Waals surface area contributed by atoms with Gasteiger partial charge >= 0.3 is 0 Å². The molecule has 0 aliphatic rings. The van der Waals surface area contributed by atoms with Crippen molar-refractivity contribution < 1.29 is 9.47 Å². The van der Waals surface area contributed by atoms with E-state index in [0.29, 0.717) is 0 Å². The zero-order valence-corrected chi connectivity index (χ0v) is 16.2. The molecule has 22 heavy (non-hydrogen) atoms. The summed E-state index contributed by atoms with van der Waals surface area (Å²) in [6.45, 7) is 15.5. The first-order valence-corrected chi connectivity index (χ1v) is 9.37. The van der Waals surface area contributed by atoms with Gasteiger partial charge in [0.25, 0.3) is 0 Å². The van der Waals surface area contributed by atoms with Gasteiger partial charge in [0.2, 0.25) is 0 Å². The summed E-state index contributed by atoms with van der Waals surface area (Å²) in [4.78, 5) is 0. The van der Waals surface area contributed by atoms with E-state index >= 15 is 0 Å². The molecule has 132 valence electrons. The van der Waals surface area contributed by atoms with Crippen LogP contribution in [0.3, 0.4) is 0 Å². The highest BCUT2D eigenvalue weighted by Gasteiger charge is 2.15. The standard InChI is InChI=1S/C20H40O2/c1-8-11-18(6)21-20(22-19(7)12-9-2)15-17(5)14-10-13-16(3)4/h15-16,18-20H,8-14H2,1-7H3. The Morgan fingerprint density at radius 3 is 1.77 bits per heavy atom. The second-order valence-electron chi connectivity index (χ2n) is 7.14. The summed E-state index contributed by atoms with van der Waals surface area (Å²) in [5, 5.41) is 0. The van der Waals surface area contributed by atoms with Crippen LogP contribution in [0.15, 0.2) is 11.6 Å². The Morgan fingerprint density at radius 1 is 0.864 bits per heavy atom. The summed E-state index contributed by atoms with van der Waals surface area (Å²) in [6.07, 6.45) is 10.7. The van der Waals surface area contributed by atoms with E-state index in [9.17, 15) is 0 Å². The molecule has 2 heteroatoms. The Morgan fingerprint density at radius 2 is 1.36 bits per heavy atom. The third-order valence-electron chi connectivity index (χ3n) is 3.90. The van der Waals surface area contributed by atoms with Gasteiger partial charge in [0, 0.05) is 0 Å². The van der Waals surface area contributed by atoms with Crippen LogP contribution in [0.2, 0.25) is 0 Å². The van der Waals surface area contributed by atoms with Crippen LogP contribution in [0.1, 0.15) is 93.4 Å². The maximum atomic E-state index is 6.11. The highest BCUT2D eigenvalue weighted by molar-refractivity contribution is 5.00. The molecule has 0 aromatic heterocycles. The van der Waals surface area contributed by atoms with E-state index in [-0.39, 0.29) is 18.5 Å². The predicted octanol–water partition coefficient (Wildman–Crippen LogP) is 6.50. The zero-order valence-electron chi connectivity index (χ0n) is 16.2. The van der Waals surface area contributed by atoms with Crippen LogP contribution in [-0.2, 0) is 9.47 Å². The van der Waals surface area contributed by atoms with Gasteiger partial charge in [-0.05, 0) is 58.4 Å². The second kappa shape index (κ2) is 13.1. The lowest BCUT2D eigenvalue weighted by molar-refractivity contribution is -0.163. The molecule has 0 rings (SSSR count). The van der Waals surface area contributed by atoms with Crippen molar-refractivity contribution in [1.29, 1.82) is 0 Å². The van der Waals surface area contributed by atoms with Crippen LogP contribution in [0, 0.1) is 5.92 Å². The molecule has 0 aliphatic heterocycles. The van der Waals surface area contributed by atoms with E-state index in [4.69, 9.17) is 9.47 Å². The minimum atomic E-state index is -0.192. The Balaban J connectivity index is 4.53. The minimum absolute atomic E-state index is 0.192. The van der Waals surface area contributed by atoms with Crippen molar-refractivity contribution in [1.82, 2.24) is 0 Å². The van der Waals surface area contributed by atoms with Gasteiger partial charge in [-0.25, -0.2) is 0 Å². The van der Waals surface area contributed by atoms with Crippen LogP contribution in [0.5, 0.6) is 0 Å². The lowest BCUT2D eigenvalue weighted by atomic mass is 10.0. The normalized spacial score (nSPS) is 16.8. The molecule has 0 saturated carbocycles. The monoisotopic (exact) mass is 312 g/mol. The first-order valence-electron chi connectivity index (χ1n) is 9.37. The van der Waals surface area contributed by atoms with Crippen molar-refractivity contribution in [2.75, 3.05) is 0 Å². The highest BCUT2D eigenvalue weighted by atomic mass is 16.7. The molecular formula is C20H40O2. The lowest BCUT2D eigenvalue weighted by Gasteiger charge is -2.24. The topological polar surface area (TPSA) is 18.5 Å². The summed E-state index contributed by atoms with van der Waals surface area (Å²) in [5.41, 5.74) is 1.39. The van der Waals surface area contributed by atoms with E-state index in [1.54, 1.807) is 0 Å². The van der Waals surface area contributed by atoms with Crippen molar-refractivity contribution in [2.45, 2.75) is 112 Å². The number of hydrogen-bond acceptors (Lipinski definition) is 2. The summed E-state index contributed by atoms with van der Waals surface area (Å²) >= 11 is 0. The molecular weight excluding hydrogens is 272 g/mol.